The van der Waals surface area contributed by atoms with Crippen LogP contribution in [0.3, 0.4) is 0 Å². The predicted molar refractivity (Wildman–Crippen MR) is 101 cm³/mol. The van der Waals surface area contributed by atoms with Gasteiger partial charge in [0.15, 0.2) is 9.84 Å². The number of benzene rings is 1. The van der Waals surface area contributed by atoms with E-state index in [1.165, 1.54) is 16.9 Å². The summed E-state index contributed by atoms with van der Waals surface area (Å²) in [6, 6.07) is 7.95. The van der Waals surface area contributed by atoms with E-state index in [0.717, 1.165) is 17.0 Å². The average Bonchev–Trinajstić information content (AvgIpc) is 3.16. The summed E-state index contributed by atoms with van der Waals surface area (Å²) >= 11 is 1.37. The molecular formula is C18H22N2O3S2. The molecule has 5 nitrogen and oxygen atoms in total. The Bertz CT molecular complexity index is 886. The molecule has 0 bridgehead atoms. The number of aryl methyl sites for hydroxylation is 2. The number of carbonyl (C=O) groups excluding carboxylic acids is 1. The van der Waals surface area contributed by atoms with Crippen LogP contribution in [0.15, 0.2) is 24.3 Å². The lowest BCUT2D eigenvalue weighted by Gasteiger charge is -2.22. The molecule has 0 spiro atoms. The number of carbonyl (C=O) groups is 1. The molecule has 1 atom stereocenters. The highest BCUT2D eigenvalue weighted by atomic mass is 32.2. The SMILES string of the molecule is CCc1ccc(-c2nc(C)c(C(=O)N(C)[C@@H]3CCS(=O)(=O)C3)s2)cc1. The predicted octanol–water partition coefficient (Wildman–Crippen LogP) is 2.94. The first kappa shape index (κ1) is 18.1. The van der Waals surface area contributed by atoms with Crippen molar-refractivity contribution in [2.24, 2.45) is 0 Å². The molecule has 134 valence electrons. The van der Waals surface area contributed by atoms with Crippen LogP contribution in [-0.2, 0) is 16.3 Å². The third kappa shape index (κ3) is 3.77. The molecule has 0 saturated carbocycles. The lowest BCUT2D eigenvalue weighted by Crippen LogP contribution is -2.37. The second kappa shape index (κ2) is 6.88. The number of thiazole rings is 1. The molecule has 3 rings (SSSR count). The zero-order valence-corrected chi connectivity index (χ0v) is 16.3. The van der Waals surface area contributed by atoms with Gasteiger partial charge in [-0.2, -0.15) is 0 Å². The first-order valence-corrected chi connectivity index (χ1v) is 11.0. The lowest BCUT2D eigenvalue weighted by atomic mass is 10.1. The molecule has 0 aliphatic carbocycles. The summed E-state index contributed by atoms with van der Waals surface area (Å²) in [5.41, 5.74) is 2.95. The van der Waals surface area contributed by atoms with Crippen molar-refractivity contribution in [3.05, 3.63) is 40.4 Å². The first-order chi connectivity index (χ1) is 11.8. The smallest absolute Gasteiger partial charge is 0.265 e. The van der Waals surface area contributed by atoms with Gasteiger partial charge in [0.2, 0.25) is 0 Å². The summed E-state index contributed by atoms with van der Waals surface area (Å²) in [5.74, 6) is 0.0678. The van der Waals surface area contributed by atoms with Crippen molar-refractivity contribution in [3.63, 3.8) is 0 Å². The van der Waals surface area contributed by atoms with Crippen molar-refractivity contribution in [2.45, 2.75) is 32.7 Å². The Balaban J connectivity index is 1.82. The number of sulfone groups is 1. The molecule has 1 aromatic heterocycles. The van der Waals surface area contributed by atoms with Gasteiger partial charge in [-0.05, 0) is 25.3 Å². The molecule has 1 aromatic carbocycles. The van der Waals surface area contributed by atoms with Crippen LogP contribution in [-0.4, -0.2) is 48.8 Å². The lowest BCUT2D eigenvalue weighted by molar-refractivity contribution is 0.0751. The highest BCUT2D eigenvalue weighted by molar-refractivity contribution is 7.91. The van der Waals surface area contributed by atoms with E-state index in [4.69, 9.17) is 0 Å². The summed E-state index contributed by atoms with van der Waals surface area (Å²) in [4.78, 5) is 19.5. The molecule has 2 aromatic rings. The minimum Gasteiger partial charge on any atom is -0.337 e. The Morgan fingerprint density at radius 2 is 2.00 bits per heavy atom. The minimum atomic E-state index is -3.02. The Labute approximate surface area is 152 Å². The Hall–Kier alpha value is -1.73. The van der Waals surface area contributed by atoms with Crippen LogP contribution in [0.1, 0.15) is 34.3 Å². The van der Waals surface area contributed by atoms with Crippen molar-refractivity contribution >= 4 is 27.1 Å². The number of aromatic nitrogens is 1. The van der Waals surface area contributed by atoms with Crippen LogP contribution in [0, 0.1) is 6.92 Å². The molecule has 0 unspecified atom stereocenters. The summed E-state index contributed by atoms with van der Waals surface area (Å²) < 4.78 is 23.3. The third-order valence-corrected chi connectivity index (χ3v) is 7.62. The molecule has 1 aliphatic heterocycles. The number of amides is 1. The van der Waals surface area contributed by atoms with Crippen LogP contribution in [0.2, 0.25) is 0 Å². The van der Waals surface area contributed by atoms with E-state index in [0.29, 0.717) is 17.0 Å². The zero-order valence-electron chi connectivity index (χ0n) is 14.7. The molecule has 1 aliphatic rings. The molecule has 25 heavy (non-hydrogen) atoms. The monoisotopic (exact) mass is 378 g/mol. The van der Waals surface area contributed by atoms with Crippen LogP contribution in [0.25, 0.3) is 10.6 Å². The Kier molecular flexibility index (Phi) is 4.97. The van der Waals surface area contributed by atoms with Gasteiger partial charge < -0.3 is 4.90 Å². The number of nitrogens with zero attached hydrogens (tertiary/aromatic N) is 2. The highest BCUT2D eigenvalue weighted by Gasteiger charge is 2.34. The van der Waals surface area contributed by atoms with Gasteiger partial charge in [-0.3, -0.25) is 4.79 Å². The fourth-order valence-corrected chi connectivity index (χ4v) is 5.84. The van der Waals surface area contributed by atoms with Gasteiger partial charge in [0.05, 0.1) is 17.2 Å². The average molecular weight is 379 g/mol. The van der Waals surface area contributed by atoms with Gasteiger partial charge in [-0.1, -0.05) is 31.2 Å². The fraction of sp³-hybridized carbons (Fsp3) is 0.444. The number of hydrogen-bond acceptors (Lipinski definition) is 5. The van der Waals surface area contributed by atoms with Crippen molar-refractivity contribution in [1.29, 1.82) is 0 Å². The minimum absolute atomic E-state index is 0.0540. The first-order valence-electron chi connectivity index (χ1n) is 8.35. The zero-order chi connectivity index (χ0) is 18.2. The molecule has 1 amide bonds. The summed E-state index contributed by atoms with van der Waals surface area (Å²) in [5, 5.41) is 0.816. The van der Waals surface area contributed by atoms with Crippen molar-refractivity contribution in [3.8, 4) is 10.6 Å². The van der Waals surface area contributed by atoms with E-state index in [1.807, 2.05) is 19.1 Å². The van der Waals surface area contributed by atoms with Crippen molar-refractivity contribution in [2.75, 3.05) is 18.6 Å². The summed E-state index contributed by atoms with van der Waals surface area (Å²) in [6.45, 7) is 3.94. The van der Waals surface area contributed by atoms with Crippen LogP contribution in [0.5, 0.6) is 0 Å². The van der Waals surface area contributed by atoms with E-state index < -0.39 is 9.84 Å². The Morgan fingerprint density at radius 1 is 1.32 bits per heavy atom. The molecule has 7 heteroatoms. The topological polar surface area (TPSA) is 67.3 Å². The van der Waals surface area contributed by atoms with Crippen LogP contribution in [0.4, 0.5) is 0 Å². The molecule has 0 radical (unpaired) electrons. The van der Waals surface area contributed by atoms with Gasteiger partial charge in [0, 0.05) is 18.7 Å². The second-order valence-corrected chi connectivity index (χ2v) is 9.68. The number of hydrogen-bond donors (Lipinski definition) is 0. The molecule has 0 N–H and O–H groups in total. The normalized spacial score (nSPS) is 19.1. The van der Waals surface area contributed by atoms with E-state index in [2.05, 4.69) is 24.0 Å². The molecule has 1 fully saturated rings. The van der Waals surface area contributed by atoms with Gasteiger partial charge in [-0.15, -0.1) is 11.3 Å². The summed E-state index contributed by atoms with van der Waals surface area (Å²) in [6.07, 6.45) is 1.49. The number of rotatable bonds is 4. The van der Waals surface area contributed by atoms with Gasteiger partial charge in [0.1, 0.15) is 9.88 Å². The van der Waals surface area contributed by atoms with E-state index in [1.54, 1.807) is 11.9 Å². The summed E-state index contributed by atoms with van der Waals surface area (Å²) in [7, 11) is -1.33. The van der Waals surface area contributed by atoms with Crippen LogP contribution < -0.4 is 0 Å². The second-order valence-electron chi connectivity index (χ2n) is 6.46. The third-order valence-electron chi connectivity index (χ3n) is 4.68. The highest BCUT2D eigenvalue weighted by Crippen LogP contribution is 2.30. The van der Waals surface area contributed by atoms with Crippen molar-refractivity contribution < 1.29 is 13.2 Å². The van der Waals surface area contributed by atoms with Crippen LogP contribution >= 0.6 is 11.3 Å². The standard InChI is InChI=1S/C18H22N2O3S2/c1-4-13-5-7-14(8-6-13)17-19-12(2)16(24-17)18(21)20(3)15-9-10-25(22,23)11-15/h5-8,15H,4,9-11H2,1-3H3/t15-/m1/s1. The quantitative estimate of drug-likeness (QED) is 0.820. The maximum Gasteiger partial charge on any atom is 0.265 e. The maximum absolute atomic E-state index is 12.8. The van der Waals surface area contributed by atoms with E-state index >= 15 is 0 Å². The molecule has 2 heterocycles. The van der Waals surface area contributed by atoms with E-state index in [-0.39, 0.29) is 23.5 Å². The van der Waals surface area contributed by atoms with Gasteiger partial charge in [0.25, 0.3) is 5.91 Å². The maximum atomic E-state index is 12.8. The fourth-order valence-electron chi connectivity index (χ4n) is 3.01. The molecule has 1 saturated heterocycles. The largest absolute Gasteiger partial charge is 0.337 e. The molecular weight excluding hydrogens is 356 g/mol. The van der Waals surface area contributed by atoms with Gasteiger partial charge in [-0.25, -0.2) is 13.4 Å². The van der Waals surface area contributed by atoms with Crippen molar-refractivity contribution in [1.82, 2.24) is 9.88 Å². The van der Waals surface area contributed by atoms with Gasteiger partial charge >= 0.3 is 0 Å². The Morgan fingerprint density at radius 3 is 2.56 bits per heavy atom. The van der Waals surface area contributed by atoms with E-state index in [9.17, 15) is 13.2 Å².